The van der Waals surface area contributed by atoms with E-state index >= 15 is 0 Å². The Morgan fingerprint density at radius 2 is 1.92 bits per heavy atom. The summed E-state index contributed by atoms with van der Waals surface area (Å²) in [6.07, 6.45) is 0.184. The van der Waals surface area contributed by atoms with Crippen molar-refractivity contribution in [3.63, 3.8) is 0 Å². The van der Waals surface area contributed by atoms with Crippen molar-refractivity contribution in [1.29, 1.82) is 0 Å². The van der Waals surface area contributed by atoms with Gasteiger partial charge in [-0.2, -0.15) is 0 Å². The lowest BCUT2D eigenvalue weighted by molar-refractivity contribution is -0.138. The molecule has 25 heavy (non-hydrogen) atoms. The fraction of sp³-hybridized carbons (Fsp3) is 0.105. The molecule has 0 saturated heterocycles. The molecule has 0 spiro atoms. The first-order valence-corrected chi connectivity index (χ1v) is 7.76. The number of carboxylic acid groups (broad SMARTS) is 1. The molecule has 0 radical (unpaired) electrons. The van der Waals surface area contributed by atoms with E-state index in [0.717, 1.165) is 10.9 Å². The van der Waals surface area contributed by atoms with Crippen LogP contribution < -0.4 is 11.2 Å². The molecule has 1 atom stereocenters. The van der Waals surface area contributed by atoms with Crippen molar-refractivity contribution < 1.29 is 14.3 Å². The minimum atomic E-state index is -1.06. The molecule has 124 valence electrons. The van der Waals surface area contributed by atoms with E-state index in [-0.39, 0.29) is 11.8 Å². The number of nitrogens with two attached hydrogens (primary N) is 1. The Kier molecular flexibility index (Phi) is 3.47. The Labute approximate surface area is 141 Å². The fourth-order valence-corrected chi connectivity index (χ4v) is 2.94. The zero-order chi connectivity index (χ0) is 17.6. The summed E-state index contributed by atoms with van der Waals surface area (Å²) < 4.78 is 5.87. The van der Waals surface area contributed by atoms with Crippen LogP contribution in [0, 0.1) is 0 Å². The Balaban J connectivity index is 1.92. The van der Waals surface area contributed by atoms with E-state index in [4.69, 9.17) is 15.3 Å². The zero-order valence-corrected chi connectivity index (χ0v) is 13.1. The lowest BCUT2D eigenvalue weighted by atomic mass is 10.0. The SMILES string of the molecule is N[C@H](Cc1ccc2nc3c4ccccc4c(=O)cc-3oc2c1)C(=O)O. The van der Waals surface area contributed by atoms with Gasteiger partial charge in [-0.1, -0.05) is 30.3 Å². The standard InChI is InChI=1S/C19H14N2O4/c20-13(19(23)24)7-10-5-6-14-16(8-10)25-17-9-15(22)11-3-1-2-4-12(11)18(17)21-14/h1-6,8-9,13H,7,20H2,(H,23,24)/t13-/m1/s1. The number of aliphatic carboxylic acids is 1. The number of fused-ring (bicyclic) bond motifs is 4. The Bertz CT molecular complexity index is 1150. The first-order valence-electron chi connectivity index (χ1n) is 7.76. The quantitative estimate of drug-likeness (QED) is 0.440. The molecule has 0 unspecified atom stereocenters. The summed E-state index contributed by atoms with van der Waals surface area (Å²) >= 11 is 0. The number of hydrogen-bond acceptors (Lipinski definition) is 5. The van der Waals surface area contributed by atoms with Crippen LogP contribution >= 0.6 is 0 Å². The van der Waals surface area contributed by atoms with E-state index in [2.05, 4.69) is 4.98 Å². The van der Waals surface area contributed by atoms with Crippen LogP contribution in [0.15, 0.2) is 57.7 Å². The van der Waals surface area contributed by atoms with Gasteiger partial charge in [0.1, 0.15) is 17.3 Å². The van der Waals surface area contributed by atoms with Crippen molar-refractivity contribution in [2.75, 3.05) is 0 Å². The minimum Gasteiger partial charge on any atom is -0.480 e. The lowest BCUT2D eigenvalue weighted by Crippen LogP contribution is -2.32. The van der Waals surface area contributed by atoms with E-state index in [9.17, 15) is 9.59 Å². The molecule has 2 aliphatic rings. The predicted molar refractivity (Wildman–Crippen MR) is 93.7 cm³/mol. The Morgan fingerprint density at radius 3 is 2.68 bits per heavy atom. The monoisotopic (exact) mass is 334 g/mol. The fourth-order valence-electron chi connectivity index (χ4n) is 2.94. The molecule has 0 saturated carbocycles. The van der Waals surface area contributed by atoms with Gasteiger partial charge in [-0.25, -0.2) is 4.98 Å². The van der Waals surface area contributed by atoms with Crippen molar-refractivity contribution >= 4 is 27.8 Å². The molecule has 2 aromatic carbocycles. The molecule has 6 heteroatoms. The van der Waals surface area contributed by atoms with E-state index in [1.165, 1.54) is 6.07 Å². The molecule has 1 aliphatic carbocycles. The highest BCUT2D eigenvalue weighted by Gasteiger charge is 2.17. The van der Waals surface area contributed by atoms with Crippen molar-refractivity contribution in [3.05, 3.63) is 64.3 Å². The van der Waals surface area contributed by atoms with Crippen LogP contribution in [-0.4, -0.2) is 22.1 Å². The van der Waals surface area contributed by atoms with E-state index in [1.54, 1.807) is 24.3 Å². The van der Waals surface area contributed by atoms with Crippen molar-refractivity contribution in [2.45, 2.75) is 12.5 Å². The molecule has 2 aromatic rings. The second-order valence-electron chi connectivity index (χ2n) is 5.93. The average molecular weight is 334 g/mol. The second-order valence-corrected chi connectivity index (χ2v) is 5.93. The molecule has 1 heterocycles. The normalized spacial score (nSPS) is 12.7. The van der Waals surface area contributed by atoms with Crippen LogP contribution in [0.4, 0.5) is 0 Å². The molecular formula is C19H14N2O4. The van der Waals surface area contributed by atoms with Crippen molar-refractivity contribution in [1.82, 2.24) is 4.98 Å². The summed E-state index contributed by atoms with van der Waals surface area (Å²) in [5.41, 5.74) is 7.92. The van der Waals surface area contributed by atoms with Gasteiger partial charge in [-0.15, -0.1) is 0 Å². The van der Waals surface area contributed by atoms with Crippen LogP contribution in [0.1, 0.15) is 5.56 Å². The van der Waals surface area contributed by atoms with E-state index in [0.29, 0.717) is 27.9 Å². The molecule has 1 aliphatic heterocycles. The van der Waals surface area contributed by atoms with Crippen LogP contribution in [0.3, 0.4) is 0 Å². The Hall–Kier alpha value is -3.25. The predicted octanol–water partition coefficient (Wildman–Crippen LogP) is 2.40. The molecule has 0 aromatic heterocycles. The number of hydrogen-bond donors (Lipinski definition) is 2. The highest BCUT2D eigenvalue weighted by Crippen LogP contribution is 2.30. The number of benzene rings is 3. The largest absolute Gasteiger partial charge is 0.480 e. The van der Waals surface area contributed by atoms with Crippen LogP contribution in [0.25, 0.3) is 33.3 Å². The van der Waals surface area contributed by atoms with Gasteiger partial charge in [-0.3, -0.25) is 9.59 Å². The first kappa shape index (κ1) is 15.3. The van der Waals surface area contributed by atoms with Gasteiger partial charge in [0.2, 0.25) is 0 Å². The van der Waals surface area contributed by atoms with E-state index in [1.807, 2.05) is 18.2 Å². The first-order chi connectivity index (χ1) is 12.0. The van der Waals surface area contributed by atoms with Crippen LogP contribution in [0.2, 0.25) is 0 Å². The number of carboxylic acids is 1. The summed E-state index contributed by atoms with van der Waals surface area (Å²) in [6, 6.07) is 13.0. The van der Waals surface area contributed by atoms with Gasteiger partial charge in [0.05, 0.1) is 0 Å². The molecule has 4 rings (SSSR count). The molecular weight excluding hydrogens is 320 g/mol. The average Bonchev–Trinajstić information content (AvgIpc) is 2.60. The number of carbonyl (C=O) groups is 1. The van der Waals surface area contributed by atoms with Crippen LogP contribution in [0.5, 0.6) is 0 Å². The maximum Gasteiger partial charge on any atom is 0.320 e. The summed E-state index contributed by atoms with van der Waals surface area (Å²) in [5, 5.41) is 10.3. The minimum absolute atomic E-state index is 0.128. The van der Waals surface area contributed by atoms with Gasteiger partial charge in [0, 0.05) is 16.8 Å². The van der Waals surface area contributed by atoms with Crippen molar-refractivity contribution in [3.8, 4) is 11.5 Å². The van der Waals surface area contributed by atoms with Gasteiger partial charge in [0.25, 0.3) is 0 Å². The van der Waals surface area contributed by atoms with Gasteiger partial charge >= 0.3 is 5.97 Å². The van der Waals surface area contributed by atoms with Crippen LogP contribution in [-0.2, 0) is 11.2 Å². The lowest BCUT2D eigenvalue weighted by Gasteiger charge is -2.11. The summed E-state index contributed by atoms with van der Waals surface area (Å²) in [5.74, 6) is -0.660. The molecule has 0 amide bonds. The summed E-state index contributed by atoms with van der Waals surface area (Å²) in [6.45, 7) is 0. The molecule has 0 bridgehead atoms. The van der Waals surface area contributed by atoms with E-state index < -0.39 is 12.0 Å². The second kappa shape index (κ2) is 5.68. The Morgan fingerprint density at radius 1 is 1.16 bits per heavy atom. The third-order valence-electron chi connectivity index (χ3n) is 4.19. The highest BCUT2D eigenvalue weighted by atomic mass is 16.4. The third kappa shape index (κ3) is 2.62. The van der Waals surface area contributed by atoms with Crippen molar-refractivity contribution in [2.24, 2.45) is 5.73 Å². The van der Waals surface area contributed by atoms with Gasteiger partial charge in [-0.05, 0) is 24.1 Å². The maximum absolute atomic E-state index is 12.2. The zero-order valence-electron chi connectivity index (χ0n) is 13.1. The number of rotatable bonds is 3. The summed E-state index contributed by atoms with van der Waals surface area (Å²) in [7, 11) is 0. The molecule has 0 fully saturated rings. The topological polar surface area (TPSA) is 106 Å². The third-order valence-corrected chi connectivity index (χ3v) is 4.19. The molecule has 3 N–H and O–H groups in total. The number of nitrogens with zero attached hydrogens (tertiary/aromatic N) is 1. The van der Waals surface area contributed by atoms with Gasteiger partial charge in [0.15, 0.2) is 16.8 Å². The number of aromatic nitrogens is 1. The smallest absolute Gasteiger partial charge is 0.320 e. The van der Waals surface area contributed by atoms with Gasteiger partial charge < -0.3 is 15.3 Å². The summed E-state index contributed by atoms with van der Waals surface area (Å²) in [4.78, 5) is 27.8. The highest BCUT2D eigenvalue weighted by molar-refractivity contribution is 5.96. The molecule has 6 nitrogen and oxygen atoms in total. The maximum atomic E-state index is 12.2.